The molecule has 1 N–H and O–H groups in total. The first-order valence-corrected chi connectivity index (χ1v) is 11.0. The molecule has 2 saturated carbocycles. The van der Waals surface area contributed by atoms with E-state index in [1.807, 2.05) is 0 Å². The highest BCUT2D eigenvalue weighted by Gasteiger charge is 2.31. The van der Waals surface area contributed by atoms with Crippen LogP contribution in [0.4, 0.5) is 0 Å². The van der Waals surface area contributed by atoms with Crippen LogP contribution in [0, 0.1) is 0 Å². The maximum absolute atomic E-state index is 12.3. The van der Waals surface area contributed by atoms with Crippen LogP contribution in [0.2, 0.25) is 4.34 Å². The smallest absolute Gasteiger partial charge is 0.250 e. The predicted molar refractivity (Wildman–Crippen MR) is 95.1 cm³/mol. The largest absolute Gasteiger partial charge is 0.266 e. The van der Waals surface area contributed by atoms with Crippen molar-refractivity contribution in [2.75, 3.05) is 0 Å². The Bertz CT molecular complexity index is 833. The molecular formula is C16H20ClN3O2S2. The van der Waals surface area contributed by atoms with E-state index >= 15 is 0 Å². The molecule has 0 unspecified atom stereocenters. The van der Waals surface area contributed by atoms with Gasteiger partial charge in [-0.3, -0.25) is 4.68 Å². The highest BCUT2D eigenvalue weighted by Crippen LogP contribution is 2.43. The molecule has 0 saturated heterocycles. The first kappa shape index (κ1) is 16.6. The van der Waals surface area contributed by atoms with E-state index < -0.39 is 10.0 Å². The second-order valence-corrected chi connectivity index (χ2v) is 10.3. The fraction of sp³-hybridized carbons (Fsp3) is 0.562. The molecule has 2 aromatic rings. The van der Waals surface area contributed by atoms with E-state index in [1.54, 1.807) is 6.07 Å². The van der Waals surface area contributed by atoms with Crippen LogP contribution in [0.25, 0.3) is 0 Å². The third-order valence-electron chi connectivity index (χ3n) is 4.74. The van der Waals surface area contributed by atoms with Crippen molar-refractivity contribution in [3.8, 4) is 0 Å². The van der Waals surface area contributed by atoms with Crippen LogP contribution in [0.5, 0.6) is 0 Å². The van der Waals surface area contributed by atoms with Crippen molar-refractivity contribution in [3.05, 3.63) is 33.9 Å². The molecule has 24 heavy (non-hydrogen) atoms. The summed E-state index contributed by atoms with van der Waals surface area (Å²) >= 11 is 6.90. The van der Waals surface area contributed by atoms with Gasteiger partial charge in [-0.1, -0.05) is 24.4 Å². The average Bonchev–Trinajstić information content (AvgIpc) is 2.96. The van der Waals surface area contributed by atoms with Gasteiger partial charge in [0.1, 0.15) is 4.21 Å². The molecule has 2 aliphatic carbocycles. The maximum atomic E-state index is 12.3. The zero-order valence-electron chi connectivity index (χ0n) is 13.2. The molecule has 2 aromatic heterocycles. The van der Waals surface area contributed by atoms with Crippen LogP contribution in [-0.2, 0) is 16.6 Å². The minimum atomic E-state index is -3.53. The first-order valence-electron chi connectivity index (χ1n) is 8.36. The average molecular weight is 386 g/mol. The van der Waals surface area contributed by atoms with Gasteiger partial charge in [-0.15, -0.1) is 11.3 Å². The normalized spacial score (nSPS) is 19.2. The summed E-state index contributed by atoms with van der Waals surface area (Å²) in [5, 5.41) is 4.72. The summed E-state index contributed by atoms with van der Waals surface area (Å²) in [5.41, 5.74) is 2.09. The quantitative estimate of drug-likeness (QED) is 0.815. The summed E-state index contributed by atoms with van der Waals surface area (Å²) in [6.45, 7) is 0.220. The molecule has 0 aliphatic heterocycles. The van der Waals surface area contributed by atoms with Crippen molar-refractivity contribution in [2.45, 2.75) is 61.2 Å². The lowest BCUT2D eigenvalue weighted by molar-refractivity contribution is 0.446. The highest BCUT2D eigenvalue weighted by molar-refractivity contribution is 7.91. The molecule has 2 heterocycles. The molecule has 0 bridgehead atoms. The van der Waals surface area contributed by atoms with Crippen molar-refractivity contribution >= 4 is 33.0 Å². The van der Waals surface area contributed by atoms with Gasteiger partial charge < -0.3 is 0 Å². The van der Waals surface area contributed by atoms with Crippen LogP contribution < -0.4 is 4.72 Å². The Kier molecular flexibility index (Phi) is 4.45. The lowest BCUT2D eigenvalue weighted by Crippen LogP contribution is -2.22. The lowest BCUT2D eigenvalue weighted by Gasteiger charge is -2.13. The van der Waals surface area contributed by atoms with E-state index in [4.69, 9.17) is 16.7 Å². The summed E-state index contributed by atoms with van der Waals surface area (Å²) in [6, 6.07) is 5.70. The van der Waals surface area contributed by atoms with Crippen LogP contribution in [-0.4, -0.2) is 18.2 Å². The number of hydrogen-bond acceptors (Lipinski definition) is 4. The van der Waals surface area contributed by atoms with E-state index in [1.165, 1.54) is 50.3 Å². The third kappa shape index (κ3) is 3.40. The van der Waals surface area contributed by atoms with Gasteiger partial charge in [0.25, 0.3) is 0 Å². The Morgan fingerprint density at radius 2 is 2.00 bits per heavy atom. The third-order valence-corrected chi connectivity index (χ3v) is 7.86. The van der Waals surface area contributed by atoms with Gasteiger partial charge in [-0.2, -0.15) is 5.10 Å². The van der Waals surface area contributed by atoms with Crippen LogP contribution in [0.3, 0.4) is 0 Å². The van der Waals surface area contributed by atoms with Crippen molar-refractivity contribution in [1.82, 2.24) is 14.5 Å². The number of halogens is 1. The summed E-state index contributed by atoms with van der Waals surface area (Å²) in [4.78, 5) is 0. The first-order chi connectivity index (χ1) is 11.5. The molecule has 8 heteroatoms. The van der Waals surface area contributed by atoms with E-state index in [9.17, 15) is 8.42 Å². The van der Waals surface area contributed by atoms with E-state index in [0.29, 0.717) is 16.3 Å². The van der Waals surface area contributed by atoms with Gasteiger partial charge in [0, 0.05) is 11.6 Å². The van der Waals surface area contributed by atoms with Crippen molar-refractivity contribution in [3.63, 3.8) is 0 Å². The number of aromatic nitrogens is 2. The fourth-order valence-electron chi connectivity index (χ4n) is 3.36. The Morgan fingerprint density at radius 1 is 1.25 bits per heavy atom. The Hall–Kier alpha value is -0.890. The molecule has 130 valence electrons. The molecule has 2 aliphatic rings. The summed E-state index contributed by atoms with van der Waals surface area (Å²) in [5.74, 6) is 0.611. The van der Waals surface area contributed by atoms with Gasteiger partial charge >= 0.3 is 0 Å². The zero-order chi connectivity index (χ0) is 16.7. The number of hydrogen-bond donors (Lipinski definition) is 1. The molecule has 0 amide bonds. The van der Waals surface area contributed by atoms with Crippen LogP contribution in [0.15, 0.2) is 22.4 Å². The van der Waals surface area contributed by atoms with Gasteiger partial charge in [0.05, 0.1) is 22.6 Å². The van der Waals surface area contributed by atoms with Gasteiger partial charge in [0.15, 0.2) is 0 Å². The number of rotatable bonds is 6. The van der Waals surface area contributed by atoms with Gasteiger partial charge in [-0.05, 0) is 43.9 Å². The Labute approximate surface area is 151 Å². The van der Waals surface area contributed by atoms with Crippen LogP contribution >= 0.6 is 22.9 Å². The molecule has 0 radical (unpaired) electrons. The summed E-state index contributed by atoms with van der Waals surface area (Å²) < 4.78 is 30.2. The number of nitrogens with one attached hydrogen (secondary N) is 1. The second kappa shape index (κ2) is 6.44. The van der Waals surface area contributed by atoms with Crippen molar-refractivity contribution in [1.29, 1.82) is 0 Å². The lowest BCUT2D eigenvalue weighted by atomic mass is 10.2. The number of nitrogens with zero attached hydrogens (tertiary/aromatic N) is 2. The van der Waals surface area contributed by atoms with Gasteiger partial charge in [0.2, 0.25) is 10.0 Å². The minimum absolute atomic E-state index is 0.220. The highest BCUT2D eigenvalue weighted by atomic mass is 35.5. The minimum Gasteiger partial charge on any atom is -0.266 e. The maximum Gasteiger partial charge on any atom is 0.250 e. The molecule has 2 fully saturated rings. The molecule has 5 nitrogen and oxygen atoms in total. The van der Waals surface area contributed by atoms with E-state index in [-0.39, 0.29) is 10.8 Å². The summed E-state index contributed by atoms with van der Waals surface area (Å²) in [6.07, 6.45) is 7.32. The zero-order valence-corrected chi connectivity index (χ0v) is 15.6. The van der Waals surface area contributed by atoms with Crippen molar-refractivity contribution < 1.29 is 8.42 Å². The van der Waals surface area contributed by atoms with E-state index in [2.05, 4.69) is 15.5 Å². The molecule has 0 atom stereocenters. The van der Waals surface area contributed by atoms with Crippen molar-refractivity contribution in [2.24, 2.45) is 0 Å². The molecule has 0 aromatic carbocycles. The van der Waals surface area contributed by atoms with E-state index in [0.717, 1.165) is 17.0 Å². The van der Waals surface area contributed by atoms with Gasteiger partial charge in [-0.25, -0.2) is 13.1 Å². The summed E-state index contributed by atoms with van der Waals surface area (Å²) in [7, 11) is -3.53. The van der Waals surface area contributed by atoms with Crippen LogP contribution in [0.1, 0.15) is 61.9 Å². The molecular weight excluding hydrogens is 366 g/mol. The predicted octanol–water partition coefficient (Wildman–Crippen LogP) is 4.07. The Morgan fingerprint density at radius 3 is 2.62 bits per heavy atom. The molecule has 4 rings (SSSR count). The standard InChI is InChI=1S/C16H20ClN3O2S2/c17-15-7-8-16(23-15)24(21,22)18-10-12-9-14(11-5-6-11)20(19-12)13-3-1-2-4-13/h7-9,11,13,18H,1-6,10H2. The molecule has 0 spiro atoms. The second-order valence-electron chi connectivity index (χ2n) is 6.60. The monoisotopic (exact) mass is 385 g/mol. The Balaban J connectivity index is 1.51. The fourth-order valence-corrected chi connectivity index (χ4v) is 5.88. The topological polar surface area (TPSA) is 64.0 Å². The number of thiophene rings is 1. The SMILES string of the molecule is O=S(=O)(NCc1cc(C2CC2)n(C2CCCC2)n1)c1ccc(Cl)s1. The number of sulfonamides is 1.